The second kappa shape index (κ2) is 4.90. The molecular weight excluding hydrogens is 320 g/mol. The third-order valence-electron chi connectivity index (χ3n) is 2.81. The van der Waals surface area contributed by atoms with E-state index in [1.807, 2.05) is 0 Å². The molecule has 104 valence electrons. The molecule has 1 heterocycles. The number of benzene rings is 1. The molecule has 2 rings (SSSR count). The molecule has 0 amide bonds. The van der Waals surface area contributed by atoms with Crippen molar-refractivity contribution < 1.29 is 22.7 Å². The van der Waals surface area contributed by atoms with E-state index >= 15 is 0 Å². The molecule has 1 aromatic rings. The lowest BCUT2D eigenvalue weighted by molar-refractivity contribution is -0.145. The average molecular weight is 328 g/mol. The van der Waals surface area contributed by atoms with Crippen molar-refractivity contribution in [3.05, 3.63) is 28.0 Å². The van der Waals surface area contributed by atoms with E-state index in [-0.39, 0.29) is 18.1 Å². The van der Waals surface area contributed by atoms with Crippen LogP contribution in [0.4, 0.5) is 4.39 Å². The van der Waals surface area contributed by atoms with Crippen molar-refractivity contribution in [3.63, 3.8) is 0 Å². The Balaban J connectivity index is 2.32. The van der Waals surface area contributed by atoms with Crippen LogP contribution in [0.3, 0.4) is 0 Å². The number of carboxylic acid groups (broad SMARTS) is 1. The smallest absolute Gasteiger partial charge is 0.309 e. The van der Waals surface area contributed by atoms with Gasteiger partial charge in [-0.3, -0.25) is 4.79 Å². The Morgan fingerprint density at radius 3 is 2.47 bits per heavy atom. The van der Waals surface area contributed by atoms with E-state index in [1.54, 1.807) is 0 Å². The van der Waals surface area contributed by atoms with Crippen LogP contribution in [-0.2, 0) is 14.8 Å². The van der Waals surface area contributed by atoms with Crippen LogP contribution >= 0.6 is 23.2 Å². The van der Waals surface area contributed by atoms with Crippen molar-refractivity contribution in [2.45, 2.75) is 4.90 Å². The number of carbonyl (C=O) groups is 1. The molecule has 1 fully saturated rings. The first kappa shape index (κ1) is 14.5. The maximum absolute atomic E-state index is 13.5. The van der Waals surface area contributed by atoms with E-state index in [0.29, 0.717) is 0 Å². The van der Waals surface area contributed by atoms with Crippen molar-refractivity contribution in [2.24, 2.45) is 5.92 Å². The Kier molecular flexibility index (Phi) is 3.74. The van der Waals surface area contributed by atoms with Gasteiger partial charge in [-0.15, -0.1) is 0 Å². The van der Waals surface area contributed by atoms with E-state index in [2.05, 4.69) is 0 Å². The summed E-state index contributed by atoms with van der Waals surface area (Å²) in [4.78, 5) is 10.2. The summed E-state index contributed by atoms with van der Waals surface area (Å²) < 4.78 is 38.6. The molecule has 0 bridgehead atoms. The number of halogens is 3. The highest BCUT2D eigenvalue weighted by Crippen LogP contribution is 2.33. The molecule has 0 radical (unpaired) electrons. The zero-order valence-corrected chi connectivity index (χ0v) is 11.6. The van der Waals surface area contributed by atoms with Crippen molar-refractivity contribution in [1.82, 2.24) is 4.31 Å². The van der Waals surface area contributed by atoms with Crippen molar-refractivity contribution >= 4 is 39.2 Å². The third-order valence-corrected chi connectivity index (χ3v) is 5.46. The topological polar surface area (TPSA) is 74.7 Å². The van der Waals surface area contributed by atoms with E-state index in [0.717, 1.165) is 16.4 Å². The number of nitrogens with zero attached hydrogens (tertiary/aromatic N) is 1. The minimum Gasteiger partial charge on any atom is -0.481 e. The maximum Gasteiger partial charge on any atom is 0.309 e. The lowest BCUT2D eigenvalue weighted by Crippen LogP contribution is -2.52. The summed E-state index contributed by atoms with van der Waals surface area (Å²) >= 11 is 11.1. The summed E-state index contributed by atoms with van der Waals surface area (Å²) in [5.74, 6) is -2.83. The van der Waals surface area contributed by atoms with Gasteiger partial charge in [0.15, 0.2) is 5.82 Å². The molecule has 19 heavy (non-hydrogen) atoms. The molecule has 0 aliphatic carbocycles. The lowest BCUT2D eigenvalue weighted by Gasteiger charge is -2.35. The highest BCUT2D eigenvalue weighted by molar-refractivity contribution is 7.89. The van der Waals surface area contributed by atoms with Gasteiger partial charge in [0.2, 0.25) is 10.0 Å². The van der Waals surface area contributed by atoms with Crippen LogP contribution in [0, 0.1) is 11.7 Å². The first-order valence-electron chi connectivity index (χ1n) is 5.11. The number of sulfonamides is 1. The van der Waals surface area contributed by atoms with Gasteiger partial charge in [-0.05, 0) is 12.1 Å². The predicted octanol–water partition coefficient (Wildman–Crippen LogP) is 1.84. The molecule has 1 aliphatic heterocycles. The minimum absolute atomic E-state index is 0.155. The highest BCUT2D eigenvalue weighted by atomic mass is 35.5. The van der Waals surface area contributed by atoms with Gasteiger partial charge >= 0.3 is 5.97 Å². The molecule has 5 nitrogen and oxygen atoms in total. The van der Waals surface area contributed by atoms with E-state index < -0.39 is 37.6 Å². The van der Waals surface area contributed by atoms with Crippen molar-refractivity contribution in [3.8, 4) is 0 Å². The second-order valence-electron chi connectivity index (χ2n) is 4.03. The van der Waals surface area contributed by atoms with Crippen LogP contribution in [0.2, 0.25) is 10.0 Å². The van der Waals surface area contributed by atoms with Crippen LogP contribution in [0.5, 0.6) is 0 Å². The van der Waals surface area contributed by atoms with E-state index in [9.17, 15) is 17.6 Å². The largest absolute Gasteiger partial charge is 0.481 e. The zero-order chi connectivity index (χ0) is 14.4. The third kappa shape index (κ3) is 2.43. The van der Waals surface area contributed by atoms with Gasteiger partial charge in [0, 0.05) is 13.1 Å². The first-order valence-corrected chi connectivity index (χ1v) is 7.31. The quantitative estimate of drug-likeness (QED) is 0.859. The van der Waals surface area contributed by atoms with E-state index in [4.69, 9.17) is 28.3 Å². The molecule has 0 saturated carbocycles. The fourth-order valence-electron chi connectivity index (χ4n) is 1.64. The summed E-state index contributed by atoms with van der Waals surface area (Å²) in [7, 11) is -4.00. The van der Waals surface area contributed by atoms with Gasteiger partial charge in [0.05, 0.1) is 16.0 Å². The van der Waals surface area contributed by atoms with Crippen LogP contribution < -0.4 is 0 Å². The Bertz CT molecular complexity index is 643. The second-order valence-corrected chi connectivity index (χ2v) is 6.72. The van der Waals surface area contributed by atoms with Gasteiger partial charge in [0.1, 0.15) is 4.90 Å². The Morgan fingerprint density at radius 2 is 1.95 bits per heavy atom. The molecule has 0 aromatic heterocycles. The number of carboxylic acids is 1. The first-order chi connectivity index (χ1) is 8.75. The SMILES string of the molecule is O=C(O)C1CN(S(=O)(=O)c2ccc(Cl)c(F)c2Cl)C1. The summed E-state index contributed by atoms with van der Waals surface area (Å²) in [5.41, 5.74) is 0. The normalized spacial score (nSPS) is 17.2. The minimum atomic E-state index is -4.00. The summed E-state index contributed by atoms with van der Waals surface area (Å²) in [5, 5.41) is 7.82. The average Bonchev–Trinajstić information content (AvgIpc) is 2.22. The summed E-state index contributed by atoms with van der Waals surface area (Å²) in [6.07, 6.45) is 0. The Morgan fingerprint density at radius 1 is 1.37 bits per heavy atom. The number of hydrogen-bond donors (Lipinski definition) is 1. The van der Waals surface area contributed by atoms with Gasteiger partial charge in [-0.25, -0.2) is 12.8 Å². The maximum atomic E-state index is 13.5. The van der Waals surface area contributed by atoms with Gasteiger partial charge in [-0.2, -0.15) is 4.31 Å². The van der Waals surface area contributed by atoms with Crippen molar-refractivity contribution in [1.29, 1.82) is 0 Å². The van der Waals surface area contributed by atoms with Crippen LogP contribution in [0.25, 0.3) is 0 Å². The number of hydrogen-bond acceptors (Lipinski definition) is 3. The molecule has 9 heteroatoms. The highest BCUT2D eigenvalue weighted by Gasteiger charge is 2.41. The van der Waals surface area contributed by atoms with Gasteiger partial charge in [0.25, 0.3) is 0 Å². The molecule has 1 saturated heterocycles. The molecule has 1 aromatic carbocycles. The molecule has 1 aliphatic rings. The number of aliphatic carboxylic acids is 1. The Labute approximate surface area is 118 Å². The predicted molar refractivity (Wildman–Crippen MR) is 66.3 cm³/mol. The molecule has 0 atom stereocenters. The van der Waals surface area contributed by atoms with Crippen LogP contribution in [0.15, 0.2) is 17.0 Å². The fourth-order valence-corrected chi connectivity index (χ4v) is 3.89. The van der Waals surface area contributed by atoms with E-state index in [1.165, 1.54) is 0 Å². The zero-order valence-electron chi connectivity index (χ0n) is 9.31. The van der Waals surface area contributed by atoms with Gasteiger partial charge < -0.3 is 5.11 Å². The molecular formula is C10H8Cl2FNO4S. The molecule has 1 N–H and O–H groups in total. The van der Waals surface area contributed by atoms with Crippen LogP contribution in [0.1, 0.15) is 0 Å². The standard InChI is InChI=1S/C10H8Cl2FNO4S/c11-6-1-2-7(8(12)9(6)13)19(17,18)14-3-5(4-14)10(15)16/h1-2,5H,3-4H2,(H,15,16). The molecule has 0 unspecified atom stereocenters. The van der Waals surface area contributed by atoms with Crippen LogP contribution in [-0.4, -0.2) is 36.9 Å². The monoisotopic (exact) mass is 327 g/mol. The fraction of sp³-hybridized carbons (Fsp3) is 0.300. The summed E-state index contributed by atoms with van der Waals surface area (Å²) in [6, 6.07) is 2.18. The van der Waals surface area contributed by atoms with Crippen molar-refractivity contribution in [2.75, 3.05) is 13.1 Å². The summed E-state index contributed by atoms with van der Waals surface area (Å²) in [6.45, 7) is -0.309. The Hall–Kier alpha value is -0.890. The van der Waals surface area contributed by atoms with Gasteiger partial charge in [-0.1, -0.05) is 23.2 Å². The molecule has 0 spiro atoms. The number of rotatable bonds is 3. The lowest BCUT2D eigenvalue weighted by atomic mass is 10.0.